The van der Waals surface area contributed by atoms with Crippen LogP contribution in [0.4, 0.5) is 0 Å². The summed E-state index contributed by atoms with van der Waals surface area (Å²) in [4.78, 5) is 12.2. The molecule has 1 N–H and O–H groups in total. The van der Waals surface area contributed by atoms with Crippen LogP contribution in [0.2, 0.25) is 0 Å². The molecule has 19 heavy (non-hydrogen) atoms. The molecule has 2 rings (SSSR count). The zero-order valence-electron chi connectivity index (χ0n) is 9.83. The molecule has 0 aromatic heterocycles. The van der Waals surface area contributed by atoms with Gasteiger partial charge in [-0.25, -0.2) is 0 Å². The first kappa shape index (κ1) is 15.0. The fourth-order valence-corrected chi connectivity index (χ4v) is 4.01. The number of ether oxygens (including phenoxy) is 1. The van der Waals surface area contributed by atoms with Gasteiger partial charge in [0.25, 0.3) is 5.91 Å². The largest absolute Gasteiger partial charge is 0.492 e. The van der Waals surface area contributed by atoms with Crippen molar-refractivity contribution in [3.63, 3.8) is 0 Å². The predicted molar refractivity (Wildman–Crippen MR) is 89.3 cm³/mol. The SMILES string of the molecule is CCOc1c(Br)cc(/C=C2\SC(=S)NC2=O)cc1Br. The van der Waals surface area contributed by atoms with Gasteiger partial charge in [0, 0.05) is 0 Å². The number of halogens is 2. The van der Waals surface area contributed by atoms with Gasteiger partial charge in [-0.05, 0) is 62.6 Å². The molecule has 0 unspecified atom stereocenters. The molecule has 1 amide bonds. The Labute approximate surface area is 137 Å². The van der Waals surface area contributed by atoms with E-state index in [4.69, 9.17) is 17.0 Å². The average molecular weight is 423 g/mol. The van der Waals surface area contributed by atoms with Crippen molar-refractivity contribution in [2.45, 2.75) is 6.92 Å². The van der Waals surface area contributed by atoms with E-state index in [-0.39, 0.29) is 5.91 Å². The van der Waals surface area contributed by atoms with E-state index in [9.17, 15) is 4.79 Å². The highest BCUT2D eigenvalue weighted by Gasteiger charge is 2.22. The van der Waals surface area contributed by atoms with Crippen molar-refractivity contribution in [1.82, 2.24) is 5.32 Å². The van der Waals surface area contributed by atoms with Crippen LogP contribution in [-0.2, 0) is 4.79 Å². The van der Waals surface area contributed by atoms with Gasteiger partial charge in [0.05, 0.1) is 20.5 Å². The summed E-state index contributed by atoms with van der Waals surface area (Å²) >= 11 is 13.1. The molecule has 0 spiro atoms. The number of rotatable bonds is 3. The lowest BCUT2D eigenvalue weighted by atomic mass is 10.2. The van der Waals surface area contributed by atoms with Crippen LogP contribution in [0.15, 0.2) is 26.0 Å². The summed E-state index contributed by atoms with van der Waals surface area (Å²) in [6.45, 7) is 2.51. The molecule has 1 fully saturated rings. The second kappa shape index (κ2) is 6.39. The Balaban J connectivity index is 2.35. The van der Waals surface area contributed by atoms with Crippen LogP contribution in [0.1, 0.15) is 12.5 Å². The maximum Gasteiger partial charge on any atom is 0.263 e. The van der Waals surface area contributed by atoms with Crippen LogP contribution >= 0.6 is 55.8 Å². The first-order valence-corrected chi connectivity index (χ1v) is 8.19. The lowest BCUT2D eigenvalue weighted by molar-refractivity contribution is -0.115. The Hall–Kier alpha value is -0.370. The van der Waals surface area contributed by atoms with Crippen molar-refractivity contribution < 1.29 is 9.53 Å². The van der Waals surface area contributed by atoms with Crippen LogP contribution < -0.4 is 10.1 Å². The predicted octanol–water partition coefficient (Wildman–Crippen LogP) is 4.10. The van der Waals surface area contributed by atoms with Gasteiger partial charge in [0.2, 0.25) is 0 Å². The fraction of sp³-hybridized carbons (Fsp3) is 0.167. The van der Waals surface area contributed by atoms with E-state index in [0.29, 0.717) is 15.8 Å². The summed E-state index contributed by atoms with van der Waals surface area (Å²) in [5, 5.41) is 2.59. The summed E-state index contributed by atoms with van der Waals surface area (Å²) < 4.78 is 7.67. The van der Waals surface area contributed by atoms with E-state index in [1.165, 1.54) is 11.8 Å². The normalized spacial score (nSPS) is 16.9. The van der Waals surface area contributed by atoms with Crippen LogP contribution in [0.3, 0.4) is 0 Å². The molecule has 100 valence electrons. The highest BCUT2D eigenvalue weighted by atomic mass is 79.9. The average Bonchev–Trinajstić information content (AvgIpc) is 2.62. The molecule has 0 bridgehead atoms. The minimum absolute atomic E-state index is 0.156. The molecule has 3 nitrogen and oxygen atoms in total. The molecule has 7 heteroatoms. The Morgan fingerprint density at radius 2 is 2.05 bits per heavy atom. The fourth-order valence-electron chi connectivity index (χ4n) is 1.52. The standard InChI is InChI=1S/C12H9Br2NO2S2/c1-2-17-10-7(13)3-6(4-8(10)14)5-9-11(16)15-12(18)19-9/h3-5H,2H2,1H3,(H,15,16,18)/b9-5-. The molecule has 1 heterocycles. The van der Waals surface area contributed by atoms with Crippen LogP contribution in [0.25, 0.3) is 6.08 Å². The number of hydrogen-bond acceptors (Lipinski definition) is 4. The summed E-state index contributed by atoms with van der Waals surface area (Å²) in [5.41, 5.74) is 0.893. The van der Waals surface area contributed by atoms with E-state index in [1.54, 1.807) is 6.08 Å². The molecule has 0 aliphatic carbocycles. The van der Waals surface area contributed by atoms with Gasteiger partial charge in [-0.1, -0.05) is 24.0 Å². The molecule has 1 aliphatic heterocycles. The molecule has 0 saturated carbocycles. The monoisotopic (exact) mass is 421 g/mol. The smallest absolute Gasteiger partial charge is 0.263 e. The van der Waals surface area contributed by atoms with Gasteiger partial charge in [0.15, 0.2) is 0 Å². The first-order valence-electron chi connectivity index (χ1n) is 5.38. The molecule has 1 aliphatic rings. The van der Waals surface area contributed by atoms with E-state index in [0.717, 1.165) is 20.3 Å². The number of amides is 1. The van der Waals surface area contributed by atoms with Crippen molar-refractivity contribution in [2.75, 3.05) is 6.61 Å². The third kappa shape index (κ3) is 3.59. The van der Waals surface area contributed by atoms with Crippen LogP contribution in [0.5, 0.6) is 5.75 Å². The summed E-state index contributed by atoms with van der Waals surface area (Å²) in [5.74, 6) is 0.597. The Bertz CT molecular complexity index is 564. The Morgan fingerprint density at radius 3 is 2.53 bits per heavy atom. The van der Waals surface area contributed by atoms with Crippen molar-refractivity contribution in [3.8, 4) is 5.75 Å². The Morgan fingerprint density at radius 1 is 1.42 bits per heavy atom. The number of carbonyl (C=O) groups is 1. The highest BCUT2D eigenvalue weighted by molar-refractivity contribution is 9.11. The minimum Gasteiger partial charge on any atom is -0.492 e. The number of hydrogen-bond donors (Lipinski definition) is 1. The molecule has 1 aromatic rings. The molecule has 1 saturated heterocycles. The first-order chi connectivity index (χ1) is 9.01. The lowest BCUT2D eigenvalue weighted by Crippen LogP contribution is -2.17. The van der Waals surface area contributed by atoms with E-state index in [1.807, 2.05) is 19.1 Å². The zero-order valence-corrected chi connectivity index (χ0v) is 14.6. The third-order valence-corrected chi connectivity index (χ3v) is 4.59. The van der Waals surface area contributed by atoms with Crippen molar-refractivity contribution in [3.05, 3.63) is 31.5 Å². The van der Waals surface area contributed by atoms with Gasteiger partial charge in [-0.3, -0.25) is 4.79 Å². The zero-order chi connectivity index (χ0) is 14.0. The maximum atomic E-state index is 11.6. The Kier molecular flexibility index (Phi) is 5.05. The van der Waals surface area contributed by atoms with E-state index < -0.39 is 0 Å². The lowest BCUT2D eigenvalue weighted by Gasteiger charge is -2.09. The second-order valence-corrected chi connectivity index (χ2v) is 7.03. The molecular formula is C12H9Br2NO2S2. The van der Waals surface area contributed by atoms with Crippen molar-refractivity contribution in [1.29, 1.82) is 0 Å². The van der Waals surface area contributed by atoms with Crippen LogP contribution in [-0.4, -0.2) is 16.8 Å². The maximum absolute atomic E-state index is 11.6. The number of benzene rings is 1. The summed E-state index contributed by atoms with van der Waals surface area (Å²) in [7, 11) is 0. The van der Waals surface area contributed by atoms with Gasteiger partial charge in [0.1, 0.15) is 10.1 Å². The topological polar surface area (TPSA) is 38.3 Å². The summed E-state index contributed by atoms with van der Waals surface area (Å²) in [6, 6.07) is 3.80. The number of carbonyl (C=O) groups excluding carboxylic acids is 1. The van der Waals surface area contributed by atoms with Crippen LogP contribution in [0, 0.1) is 0 Å². The van der Waals surface area contributed by atoms with Crippen molar-refractivity contribution in [2.24, 2.45) is 0 Å². The van der Waals surface area contributed by atoms with Gasteiger partial charge in [-0.15, -0.1) is 0 Å². The molecular weight excluding hydrogens is 414 g/mol. The summed E-state index contributed by atoms with van der Waals surface area (Å²) in [6.07, 6.45) is 1.80. The van der Waals surface area contributed by atoms with Gasteiger partial charge >= 0.3 is 0 Å². The highest BCUT2D eigenvalue weighted by Crippen LogP contribution is 2.36. The number of thioether (sulfide) groups is 1. The van der Waals surface area contributed by atoms with Crippen molar-refractivity contribution >= 4 is 72.1 Å². The third-order valence-electron chi connectivity index (χ3n) is 2.25. The molecule has 1 aromatic carbocycles. The number of thiocarbonyl (C=S) groups is 1. The minimum atomic E-state index is -0.156. The van der Waals surface area contributed by atoms with E-state index in [2.05, 4.69) is 37.2 Å². The second-order valence-electron chi connectivity index (χ2n) is 3.60. The van der Waals surface area contributed by atoms with Gasteiger partial charge in [-0.2, -0.15) is 0 Å². The van der Waals surface area contributed by atoms with E-state index >= 15 is 0 Å². The molecule has 0 atom stereocenters. The number of nitrogens with one attached hydrogen (secondary N) is 1. The molecule has 0 radical (unpaired) electrons. The van der Waals surface area contributed by atoms with Gasteiger partial charge < -0.3 is 10.1 Å². The quantitative estimate of drug-likeness (QED) is 0.587.